The van der Waals surface area contributed by atoms with E-state index in [-0.39, 0.29) is 5.56 Å². The molecule has 21 heavy (non-hydrogen) atoms. The summed E-state index contributed by atoms with van der Waals surface area (Å²) in [7, 11) is 1.44. The number of nitrogens with two attached hydrogens (primary N) is 1. The Kier molecular flexibility index (Phi) is 4.40. The topological polar surface area (TPSA) is 93.4 Å². The van der Waals surface area contributed by atoms with Crippen molar-refractivity contribution in [1.29, 1.82) is 0 Å². The minimum absolute atomic E-state index is 0.204. The fourth-order valence-electron chi connectivity index (χ4n) is 1.79. The van der Waals surface area contributed by atoms with Crippen molar-refractivity contribution in [1.82, 2.24) is 0 Å². The van der Waals surface area contributed by atoms with Crippen molar-refractivity contribution in [2.45, 2.75) is 0 Å². The molecular formula is C15H15N3O3. The van der Waals surface area contributed by atoms with Crippen molar-refractivity contribution >= 4 is 23.3 Å². The molecule has 3 amide bonds. The fourth-order valence-corrected chi connectivity index (χ4v) is 1.79. The summed E-state index contributed by atoms with van der Waals surface area (Å²) in [4.78, 5) is 23.2. The Labute approximate surface area is 121 Å². The molecule has 4 N–H and O–H groups in total. The average Bonchev–Trinajstić information content (AvgIpc) is 2.48. The summed E-state index contributed by atoms with van der Waals surface area (Å²) < 4.78 is 5.03. The summed E-state index contributed by atoms with van der Waals surface area (Å²) in [6.45, 7) is 0. The molecule has 0 aliphatic heterocycles. The molecule has 0 spiro atoms. The zero-order chi connectivity index (χ0) is 15.2. The SMILES string of the molecule is COc1ccc(NC(=O)Nc2ccccc2)cc1C(N)=O. The molecule has 0 atom stereocenters. The van der Waals surface area contributed by atoms with Gasteiger partial charge in [0.2, 0.25) is 0 Å². The molecule has 6 heteroatoms. The molecular weight excluding hydrogens is 270 g/mol. The molecule has 0 aliphatic carbocycles. The van der Waals surface area contributed by atoms with Crippen molar-refractivity contribution in [2.75, 3.05) is 17.7 Å². The number of rotatable bonds is 4. The summed E-state index contributed by atoms with van der Waals surface area (Å²) in [6.07, 6.45) is 0. The van der Waals surface area contributed by atoms with Crippen molar-refractivity contribution in [3.8, 4) is 5.75 Å². The molecule has 0 saturated carbocycles. The van der Waals surface area contributed by atoms with Crippen molar-refractivity contribution in [3.05, 3.63) is 54.1 Å². The van der Waals surface area contributed by atoms with E-state index >= 15 is 0 Å². The Morgan fingerprint density at radius 1 is 1.00 bits per heavy atom. The largest absolute Gasteiger partial charge is 0.496 e. The molecule has 0 unspecified atom stereocenters. The van der Waals surface area contributed by atoms with Gasteiger partial charge in [-0.1, -0.05) is 18.2 Å². The van der Waals surface area contributed by atoms with Crippen LogP contribution >= 0.6 is 0 Å². The lowest BCUT2D eigenvalue weighted by Gasteiger charge is -2.10. The number of hydrogen-bond acceptors (Lipinski definition) is 3. The highest BCUT2D eigenvalue weighted by molar-refractivity contribution is 6.02. The molecule has 0 aliphatic rings. The number of anilines is 2. The zero-order valence-corrected chi connectivity index (χ0v) is 11.4. The number of ether oxygens (including phenoxy) is 1. The van der Waals surface area contributed by atoms with E-state index in [0.29, 0.717) is 17.1 Å². The van der Waals surface area contributed by atoms with Crippen LogP contribution in [0.25, 0.3) is 0 Å². The standard InChI is InChI=1S/C15H15N3O3/c1-21-13-8-7-11(9-12(13)14(16)19)18-15(20)17-10-5-3-2-4-6-10/h2-9H,1H3,(H2,16,19)(H2,17,18,20). The second kappa shape index (κ2) is 6.42. The smallest absolute Gasteiger partial charge is 0.323 e. The molecule has 0 bridgehead atoms. The number of primary amides is 1. The summed E-state index contributed by atoms with van der Waals surface area (Å²) in [5.74, 6) is -0.268. The first-order chi connectivity index (χ1) is 10.1. The van der Waals surface area contributed by atoms with Gasteiger partial charge in [-0.15, -0.1) is 0 Å². The second-order valence-electron chi connectivity index (χ2n) is 4.22. The lowest BCUT2D eigenvalue weighted by molar-refractivity contribution is 0.0997. The van der Waals surface area contributed by atoms with Crippen LogP contribution in [-0.4, -0.2) is 19.0 Å². The molecule has 2 aromatic carbocycles. The van der Waals surface area contributed by atoms with Crippen LogP contribution < -0.4 is 21.1 Å². The zero-order valence-electron chi connectivity index (χ0n) is 11.4. The van der Waals surface area contributed by atoms with Crippen LogP contribution in [-0.2, 0) is 0 Å². The van der Waals surface area contributed by atoms with Crippen LogP contribution in [0, 0.1) is 0 Å². The monoisotopic (exact) mass is 285 g/mol. The van der Waals surface area contributed by atoms with Gasteiger partial charge in [-0.2, -0.15) is 0 Å². The first kappa shape index (κ1) is 14.4. The van der Waals surface area contributed by atoms with E-state index in [1.54, 1.807) is 24.3 Å². The molecule has 6 nitrogen and oxygen atoms in total. The Hall–Kier alpha value is -3.02. The van der Waals surface area contributed by atoms with Crippen LogP contribution in [0.15, 0.2) is 48.5 Å². The highest BCUT2D eigenvalue weighted by Crippen LogP contribution is 2.22. The third-order valence-electron chi connectivity index (χ3n) is 2.75. The molecule has 0 radical (unpaired) electrons. The number of nitrogens with one attached hydrogen (secondary N) is 2. The maximum Gasteiger partial charge on any atom is 0.323 e. The van der Waals surface area contributed by atoms with Gasteiger partial charge in [0.05, 0.1) is 12.7 Å². The number of hydrogen-bond donors (Lipinski definition) is 3. The summed E-state index contributed by atoms with van der Waals surface area (Å²) in [6, 6.07) is 13.3. The molecule has 0 aromatic heterocycles. The third kappa shape index (κ3) is 3.73. The van der Waals surface area contributed by atoms with Gasteiger partial charge in [0.15, 0.2) is 0 Å². The number of benzene rings is 2. The van der Waals surface area contributed by atoms with Crippen LogP contribution in [0.3, 0.4) is 0 Å². The molecule has 2 rings (SSSR count). The van der Waals surface area contributed by atoms with Gasteiger partial charge in [0, 0.05) is 11.4 Å². The van der Waals surface area contributed by atoms with Gasteiger partial charge in [-0.3, -0.25) is 4.79 Å². The van der Waals surface area contributed by atoms with E-state index in [1.807, 2.05) is 18.2 Å². The predicted octanol–water partition coefficient (Wildman–Crippen LogP) is 2.44. The van der Waals surface area contributed by atoms with Crippen molar-refractivity contribution in [2.24, 2.45) is 5.73 Å². The Morgan fingerprint density at radius 2 is 1.67 bits per heavy atom. The molecule has 0 saturated heterocycles. The lowest BCUT2D eigenvalue weighted by atomic mass is 10.1. The number of carbonyl (C=O) groups is 2. The van der Waals surface area contributed by atoms with Gasteiger partial charge in [-0.25, -0.2) is 4.79 Å². The number of para-hydroxylation sites is 1. The van der Waals surface area contributed by atoms with E-state index in [9.17, 15) is 9.59 Å². The summed E-state index contributed by atoms with van der Waals surface area (Å²) >= 11 is 0. The Balaban J connectivity index is 2.11. The molecule has 108 valence electrons. The first-order valence-corrected chi connectivity index (χ1v) is 6.21. The van der Waals surface area contributed by atoms with Gasteiger partial charge in [0.1, 0.15) is 5.75 Å². The van der Waals surface area contributed by atoms with Crippen LogP contribution in [0.1, 0.15) is 10.4 Å². The molecule has 2 aromatic rings. The van der Waals surface area contributed by atoms with Gasteiger partial charge >= 0.3 is 6.03 Å². The first-order valence-electron chi connectivity index (χ1n) is 6.21. The van der Waals surface area contributed by atoms with Gasteiger partial charge < -0.3 is 21.1 Å². The summed E-state index contributed by atoms with van der Waals surface area (Å²) in [5.41, 5.74) is 6.58. The van der Waals surface area contributed by atoms with E-state index in [0.717, 1.165) is 0 Å². The van der Waals surface area contributed by atoms with Crippen LogP contribution in [0.2, 0.25) is 0 Å². The second-order valence-corrected chi connectivity index (χ2v) is 4.22. The Bertz CT molecular complexity index is 656. The fraction of sp³-hybridized carbons (Fsp3) is 0.0667. The van der Waals surface area contributed by atoms with Crippen LogP contribution in [0.5, 0.6) is 5.75 Å². The minimum atomic E-state index is -0.626. The molecule has 0 heterocycles. The lowest BCUT2D eigenvalue weighted by Crippen LogP contribution is -2.20. The van der Waals surface area contributed by atoms with Gasteiger partial charge in [-0.05, 0) is 30.3 Å². The van der Waals surface area contributed by atoms with Crippen LogP contribution in [0.4, 0.5) is 16.2 Å². The quantitative estimate of drug-likeness (QED) is 0.805. The average molecular weight is 285 g/mol. The normalized spacial score (nSPS) is 9.76. The Morgan fingerprint density at radius 3 is 2.29 bits per heavy atom. The predicted molar refractivity (Wildman–Crippen MR) is 80.6 cm³/mol. The van der Waals surface area contributed by atoms with Crippen molar-refractivity contribution in [3.63, 3.8) is 0 Å². The number of methoxy groups -OCH3 is 1. The van der Waals surface area contributed by atoms with Gasteiger partial charge in [0.25, 0.3) is 5.91 Å². The maximum absolute atomic E-state index is 11.8. The highest BCUT2D eigenvalue weighted by Gasteiger charge is 2.11. The number of carbonyl (C=O) groups excluding carboxylic acids is 2. The van der Waals surface area contributed by atoms with E-state index in [4.69, 9.17) is 10.5 Å². The van der Waals surface area contributed by atoms with E-state index < -0.39 is 11.9 Å². The third-order valence-corrected chi connectivity index (χ3v) is 2.75. The van der Waals surface area contributed by atoms with E-state index in [2.05, 4.69) is 10.6 Å². The molecule has 0 fully saturated rings. The number of urea groups is 1. The minimum Gasteiger partial charge on any atom is -0.496 e. The number of amides is 3. The van der Waals surface area contributed by atoms with E-state index in [1.165, 1.54) is 13.2 Å². The summed E-state index contributed by atoms with van der Waals surface area (Å²) in [5, 5.41) is 5.29. The maximum atomic E-state index is 11.8. The highest BCUT2D eigenvalue weighted by atomic mass is 16.5. The van der Waals surface area contributed by atoms with Crippen molar-refractivity contribution < 1.29 is 14.3 Å².